The second kappa shape index (κ2) is 8.17. The molecule has 0 saturated carbocycles. The van der Waals surface area contributed by atoms with Gasteiger partial charge in [-0.15, -0.1) is 0 Å². The fourth-order valence-corrected chi connectivity index (χ4v) is 4.81. The van der Waals surface area contributed by atoms with Crippen molar-refractivity contribution in [1.82, 2.24) is 14.3 Å². The second-order valence-electron chi connectivity index (χ2n) is 7.55. The quantitative estimate of drug-likeness (QED) is 0.769. The summed E-state index contributed by atoms with van der Waals surface area (Å²) >= 11 is 0. The molecule has 2 heterocycles. The van der Waals surface area contributed by atoms with Crippen molar-refractivity contribution in [3.05, 3.63) is 52.0 Å². The minimum absolute atomic E-state index is 0.149. The fraction of sp³-hybridized carbons (Fsp3) is 0.524. The monoisotopic (exact) mass is 402 g/mol. The molecule has 1 fully saturated rings. The summed E-state index contributed by atoms with van der Waals surface area (Å²) in [5.74, 6) is 1.84. The summed E-state index contributed by atoms with van der Waals surface area (Å²) in [6.45, 7) is 12.2. The molecule has 2 aromatic rings. The number of benzene rings is 1. The minimum Gasteiger partial charge on any atom is -0.354 e. The third-order valence-electron chi connectivity index (χ3n) is 5.47. The predicted octanol–water partition coefficient (Wildman–Crippen LogP) is 2.77. The maximum Gasteiger partial charge on any atom is 0.213 e. The van der Waals surface area contributed by atoms with Gasteiger partial charge in [-0.05, 0) is 45.7 Å². The summed E-state index contributed by atoms with van der Waals surface area (Å²) in [5, 5.41) is 0. The smallest absolute Gasteiger partial charge is 0.213 e. The van der Waals surface area contributed by atoms with Crippen molar-refractivity contribution in [2.75, 3.05) is 36.8 Å². The van der Waals surface area contributed by atoms with E-state index in [9.17, 15) is 8.42 Å². The summed E-state index contributed by atoms with van der Waals surface area (Å²) in [5.41, 5.74) is 5.91. The highest BCUT2D eigenvalue weighted by atomic mass is 32.2. The van der Waals surface area contributed by atoms with Gasteiger partial charge >= 0.3 is 0 Å². The molecule has 152 valence electrons. The number of sulfonamides is 1. The van der Waals surface area contributed by atoms with Crippen LogP contribution in [0.1, 0.15) is 40.7 Å². The van der Waals surface area contributed by atoms with Crippen LogP contribution in [0.25, 0.3) is 0 Å². The van der Waals surface area contributed by atoms with Crippen LogP contribution in [0, 0.1) is 27.7 Å². The van der Waals surface area contributed by atoms with E-state index in [4.69, 9.17) is 4.98 Å². The molecule has 7 heteroatoms. The van der Waals surface area contributed by atoms with E-state index >= 15 is 0 Å². The van der Waals surface area contributed by atoms with E-state index in [0.717, 1.165) is 29.3 Å². The molecule has 0 spiro atoms. The highest BCUT2D eigenvalue weighted by Crippen LogP contribution is 2.27. The van der Waals surface area contributed by atoms with E-state index in [1.165, 1.54) is 16.7 Å². The van der Waals surface area contributed by atoms with Crippen molar-refractivity contribution in [2.45, 2.75) is 41.0 Å². The van der Waals surface area contributed by atoms with Gasteiger partial charge in [-0.1, -0.05) is 23.8 Å². The average molecular weight is 403 g/mol. The number of nitrogens with zero attached hydrogens (tertiary/aromatic N) is 4. The normalized spacial score (nSPS) is 15.8. The Bertz CT molecular complexity index is 965. The zero-order chi connectivity index (χ0) is 20.5. The Balaban J connectivity index is 1.91. The van der Waals surface area contributed by atoms with E-state index in [0.29, 0.717) is 26.2 Å². The van der Waals surface area contributed by atoms with Gasteiger partial charge in [0.15, 0.2) is 0 Å². The Morgan fingerprint density at radius 2 is 1.68 bits per heavy atom. The lowest BCUT2D eigenvalue weighted by Crippen LogP contribution is -2.49. The van der Waals surface area contributed by atoms with Crippen molar-refractivity contribution in [3.63, 3.8) is 0 Å². The molecule has 0 aliphatic carbocycles. The van der Waals surface area contributed by atoms with Crippen LogP contribution in [-0.4, -0.2) is 54.6 Å². The maximum absolute atomic E-state index is 12.2. The van der Waals surface area contributed by atoms with Crippen molar-refractivity contribution in [2.24, 2.45) is 0 Å². The summed E-state index contributed by atoms with van der Waals surface area (Å²) in [6.07, 6.45) is 0.780. The summed E-state index contributed by atoms with van der Waals surface area (Å²) < 4.78 is 25.9. The Morgan fingerprint density at radius 3 is 2.32 bits per heavy atom. The fourth-order valence-electron chi connectivity index (χ4n) is 3.73. The molecule has 1 aliphatic heterocycles. The highest BCUT2D eigenvalue weighted by Gasteiger charge is 2.27. The highest BCUT2D eigenvalue weighted by molar-refractivity contribution is 7.89. The summed E-state index contributed by atoms with van der Waals surface area (Å²) in [4.78, 5) is 11.6. The third-order valence-corrected chi connectivity index (χ3v) is 7.35. The average Bonchev–Trinajstić information content (AvgIpc) is 2.66. The first kappa shape index (κ1) is 20.7. The molecule has 28 heavy (non-hydrogen) atoms. The van der Waals surface area contributed by atoms with Crippen molar-refractivity contribution < 1.29 is 8.42 Å². The zero-order valence-corrected chi connectivity index (χ0v) is 18.3. The van der Waals surface area contributed by atoms with Gasteiger partial charge in [-0.2, -0.15) is 4.31 Å². The molecule has 1 aliphatic rings. The van der Waals surface area contributed by atoms with Crippen molar-refractivity contribution in [3.8, 4) is 0 Å². The number of aryl methyl sites for hydroxylation is 4. The summed E-state index contributed by atoms with van der Waals surface area (Å²) in [7, 11) is -3.14. The topological polar surface area (TPSA) is 66.4 Å². The van der Waals surface area contributed by atoms with Gasteiger partial charge in [0.25, 0.3) is 0 Å². The lowest BCUT2D eigenvalue weighted by molar-refractivity contribution is 0.384. The first-order chi connectivity index (χ1) is 13.2. The van der Waals surface area contributed by atoms with Crippen molar-refractivity contribution >= 4 is 15.8 Å². The van der Waals surface area contributed by atoms with Crippen LogP contribution in [0.2, 0.25) is 0 Å². The molecule has 1 aromatic carbocycles. The van der Waals surface area contributed by atoms with E-state index in [1.807, 2.05) is 13.8 Å². The van der Waals surface area contributed by atoms with Crippen LogP contribution in [0.4, 0.5) is 5.82 Å². The van der Waals surface area contributed by atoms with Crippen LogP contribution in [-0.2, 0) is 16.4 Å². The van der Waals surface area contributed by atoms with Gasteiger partial charge in [-0.3, -0.25) is 0 Å². The Morgan fingerprint density at radius 1 is 1.00 bits per heavy atom. The number of hydrogen-bond donors (Lipinski definition) is 0. The standard InChI is InChI=1S/C21H30N4O2S/c1-6-28(26,27)25-11-9-24(10-12-25)21-20(17(4)22-18(5)23-21)14-19-13-15(2)7-8-16(19)3/h7-8,13H,6,9-12,14H2,1-5H3. The Labute approximate surface area is 168 Å². The first-order valence-corrected chi connectivity index (χ1v) is 11.4. The van der Waals surface area contributed by atoms with E-state index in [1.54, 1.807) is 11.2 Å². The van der Waals surface area contributed by atoms with Gasteiger partial charge in [-0.25, -0.2) is 18.4 Å². The maximum atomic E-state index is 12.2. The Hall–Kier alpha value is -1.99. The van der Waals surface area contributed by atoms with Gasteiger partial charge < -0.3 is 4.90 Å². The number of rotatable bonds is 5. The van der Waals surface area contributed by atoms with E-state index in [2.05, 4.69) is 41.9 Å². The lowest BCUT2D eigenvalue weighted by atomic mass is 9.97. The molecule has 0 atom stereocenters. The molecule has 0 N–H and O–H groups in total. The summed E-state index contributed by atoms with van der Waals surface area (Å²) in [6, 6.07) is 6.51. The molecule has 0 amide bonds. The van der Waals surface area contributed by atoms with Gasteiger partial charge in [0.05, 0.1) is 5.75 Å². The van der Waals surface area contributed by atoms with Crippen LogP contribution >= 0.6 is 0 Å². The van der Waals surface area contributed by atoms with Gasteiger partial charge in [0, 0.05) is 43.9 Å². The molecule has 6 nitrogen and oxygen atoms in total. The molecular weight excluding hydrogens is 372 g/mol. The third kappa shape index (κ3) is 4.36. The van der Waals surface area contributed by atoms with Crippen LogP contribution < -0.4 is 4.90 Å². The largest absolute Gasteiger partial charge is 0.354 e. The predicted molar refractivity (Wildman–Crippen MR) is 113 cm³/mol. The number of hydrogen-bond acceptors (Lipinski definition) is 5. The molecular formula is C21H30N4O2S. The molecule has 1 aromatic heterocycles. The van der Waals surface area contributed by atoms with E-state index in [-0.39, 0.29) is 5.75 Å². The van der Waals surface area contributed by atoms with E-state index < -0.39 is 10.0 Å². The first-order valence-electron chi connectivity index (χ1n) is 9.84. The molecule has 0 unspecified atom stereocenters. The van der Waals surface area contributed by atoms with Gasteiger partial charge in [0.2, 0.25) is 10.0 Å². The number of anilines is 1. The Kier molecular flexibility index (Phi) is 6.05. The lowest BCUT2D eigenvalue weighted by Gasteiger charge is -2.35. The van der Waals surface area contributed by atoms with Gasteiger partial charge in [0.1, 0.15) is 11.6 Å². The molecule has 3 rings (SSSR count). The minimum atomic E-state index is -3.14. The second-order valence-corrected chi connectivity index (χ2v) is 9.81. The molecule has 0 radical (unpaired) electrons. The van der Waals surface area contributed by atoms with Crippen molar-refractivity contribution in [1.29, 1.82) is 0 Å². The van der Waals surface area contributed by atoms with Crippen LogP contribution in [0.15, 0.2) is 18.2 Å². The SMILES string of the molecule is CCS(=O)(=O)N1CCN(c2nc(C)nc(C)c2Cc2cc(C)ccc2C)CC1. The molecule has 0 bridgehead atoms. The number of piperazine rings is 1. The zero-order valence-electron chi connectivity index (χ0n) is 17.5. The molecule has 1 saturated heterocycles. The number of aromatic nitrogens is 2. The van der Waals surface area contributed by atoms with Crippen LogP contribution in [0.3, 0.4) is 0 Å². The van der Waals surface area contributed by atoms with Crippen LogP contribution in [0.5, 0.6) is 0 Å².